The summed E-state index contributed by atoms with van der Waals surface area (Å²) in [4.78, 5) is 26.4. The van der Waals surface area contributed by atoms with Gasteiger partial charge in [0.15, 0.2) is 0 Å². The zero-order valence-corrected chi connectivity index (χ0v) is 16.8. The molecule has 162 valence electrons. The summed E-state index contributed by atoms with van der Waals surface area (Å²) in [6.45, 7) is 7.26. The van der Waals surface area contributed by atoms with E-state index >= 15 is 0 Å². The molecule has 0 fully saturated rings. The molecule has 3 amide bonds. The maximum absolute atomic E-state index is 12.6. The van der Waals surface area contributed by atoms with E-state index in [1.165, 1.54) is 12.1 Å². The van der Waals surface area contributed by atoms with E-state index < -0.39 is 17.8 Å². The van der Waals surface area contributed by atoms with Crippen LogP contribution in [0.4, 0.5) is 29.3 Å². The molecule has 2 aromatic carbocycles. The Morgan fingerprint density at radius 1 is 0.867 bits per heavy atom. The van der Waals surface area contributed by atoms with Crippen molar-refractivity contribution in [1.29, 1.82) is 0 Å². The molecule has 2 aromatic rings. The van der Waals surface area contributed by atoms with Gasteiger partial charge in [0.1, 0.15) is 0 Å². The molecule has 0 saturated heterocycles. The van der Waals surface area contributed by atoms with Crippen LogP contribution in [0, 0.1) is 0 Å². The fraction of sp³-hybridized carbons (Fsp3) is 0.333. The lowest BCUT2D eigenvalue weighted by Crippen LogP contribution is -2.34. The van der Waals surface area contributed by atoms with Crippen molar-refractivity contribution < 1.29 is 22.8 Å². The van der Waals surface area contributed by atoms with Gasteiger partial charge in [-0.2, -0.15) is 13.2 Å². The van der Waals surface area contributed by atoms with Crippen molar-refractivity contribution in [3.05, 3.63) is 59.7 Å². The Hall–Kier alpha value is -3.07. The summed E-state index contributed by atoms with van der Waals surface area (Å²) in [5, 5.41) is 7.86. The highest BCUT2D eigenvalue weighted by molar-refractivity contribution is 6.00. The Kier molecular flexibility index (Phi) is 8.23. The zero-order valence-electron chi connectivity index (χ0n) is 16.8. The molecule has 0 heterocycles. The van der Waals surface area contributed by atoms with Gasteiger partial charge in [0.25, 0.3) is 5.91 Å². The van der Waals surface area contributed by atoms with Gasteiger partial charge in [0.2, 0.25) is 0 Å². The largest absolute Gasteiger partial charge is 0.416 e. The number of carbonyl (C=O) groups excluding carboxylic acids is 2. The molecule has 30 heavy (non-hydrogen) atoms. The molecule has 2 rings (SSSR count). The van der Waals surface area contributed by atoms with Crippen LogP contribution in [0.5, 0.6) is 0 Å². The number of carbonyl (C=O) groups is 2. The summed E-state index contributed by atoms with van der Waals surface area (Å²) in [5.41, 5.74) is 0.339. The van der Waals surface area contributed by atoms with Crippen LogP contribution in [0.15, 0.2) is 48.5 Å². The van der Waals surface area contributed by atoms with E-state index in [0.717, 1.165) is 31.8 Å². The molecule has 0 aromatic heterocycles. The van der Waals surface area contributed by atoms with Crippen molar-refractivity contribution in [2.45, 2.75) is 20.0 Å². The Morgan fingerprint density at radius 2 is 1.37 bits per heavy atom. The fourth-order valence-electron chi connectivity index (χ4n) is 2.71. The molecule has 0 unspecified atom stereocenters. The van der Waals surface area contributed by atoms with Gasteiger partial charge >= 0.3 is 12.2 Å². The van der Waals surface area contributed by atoms with Crippen molar-refractivity contribution in [3.8, 4) is 0 Å². The van der Waals surface area contributed by atoms with E-state index in [9.17, 15) is 22.8 Å². The number of amides is 3. The number of halogens is 3. The molecular formula is C21H25F3N4O2. The maximum Gasteiger partial charge on any atom is 0.416 e. The number of rotatable bonds is 8. The van der Waals surface area contributed by atoms with Crippen LogP contribution in [0.2, 0.25) is 0 Å². The molecule has 0 saturated carbocycles. The minimum atomic E-state index is -4.43. The van der Waals surface area contributed by atoms with Crippen LogP contribution in [0.3, 0.4) is 0 Å². The molecule has 0 aliphatic rings. The summed E-state index contributed by atoms with van der Waals surface area (Å²) in [6, 6.07) is 9.85. The van der Waals surface area contributed by atoms with E-state index in [-0.39, 0.29) is 11.6 Å². The SMILES string of the molecule is CCN(CC)CCNC(=O)c1ccc(NC(=O)Nc2ccc(C(F)(F)F)cc2)cc1. The van der Waals surface area contributed by atoms with Gasteiger partial charge < -0.3 is 20.9 Å². The predicted octanol–water partition coefficient (Wildman–Crippen LogP) is 4.42. The van der Waals surface area contributed by atoms with Crippen LogP contribution < -0.4 is 16.0 Å². The summed E-state index contributed by atoms with van der Waals surface area (Å²) < 4.78 is 37.7. The average molecular weight is 422 g/mol. The molecule has 0 bridgehead atoms. The van der Waals surface area contributed by atoms with Gasteiger partial charge in [0.05, 0.1) is 5.56 Å². The minimum Gasteiger partial charge on any atom is -0.351 e. The number of hydrogen-bond acceptors (Lipinski definition) is 3. The van der Waals surface area contributed by atoms with Crippen LogP contribution in [-0.2, 0) is 6.18 Å². The summed E-state index contributed by atoms with van der Waals surface area (Å²) >= 11 is 0. The Labute approximate surface area is 173 Å². The van der Waals surface area contributed by atoms with Crippen molar-refractivity contribution in [2.75, 3.05) is 36.8 Å². The molecule has 0 atom stereocenters. The van der Waals surface area contributed by atoms with Gasteiger partial charge in [-0.25, -0.2) is 4.79 Å². The van der Waals surface area contributed by atoms with Crippen LogP contribution >= 0.6 is 0 Å². The second-order valence-electron chi connectivity index (χ2n) is 6.51. The van der Waals surface area contributed by atoms with Gasteiger partial charge in [-0.3, -0.25) is 4.79 Å². The number of hydrogen-bond donors (Lipinski definition) is 3. The maximum atomic E-state index is 12.6. The smallest absolute Gasteiger partial charge is 0.351 e. The third-order valence-electron chi connectivity index (χ3n) is 4.48. The number of nitrogens with one attached hydrogen (secondary N) is 3. The molecule has 3 N–H and O–H groups in total. The van der Waals surface area contributed by atoms with E-state index in [4.69, 9.17) is 0 Å². The summed E-state index contributed by atoms with van der Waals surface area (Å²) in [6.07, 6.45) is -4.43. The van der Waals surface area contributed by atoms with Crippen molar-refractivity contribution in [3.63, 3.8) is 0 Å². The quantitative estimate of drug-likeness (QED) is 0.590. The number of nitrogens with zero attached hydrogens (tertiary/aromatic N) is 1. The standard InChI is InChI=1S/C21H25F3N4O2/c1-3-28(4-2)14-13-25-19(29)15-5-9-17(10-6-15)26-20(30)27-18-11-7-16(8-12-18)21(22,23)24/h5-12H,3-4,13-14H2,1-2H3,(H,25,29)(H2,26,27,30). The number of likely N-dealkylation sites (N-methyl/N-ethyl adjacent to an activating group) is 1. The number of anilines is 2. The average Bonchev–Trinajstić information content (AvgIpc) is 2.71. The predicted molar refractivity (Wildman–Crippen MR) is 111 cm³/mol. The van der Waals surface area contributed by atoms with E-state index in [0.29, 0.717) is 17.8 Å². The second-order valence-corrected chi connectivity index (χ2v) is 6.51. The minimum absolute atomic E-state index is 0.206. The van der Waals surface area contributed by atoms with E-state index in [2.05, 4.69) is 34.7 Å². The highest BCUT2D eigenvalue weighted by Crippen LogP contribution is 2.29. The Morgan fingerprint density at radius 3 is 1.83 bits per heavy atom. The fourth-order valence-corrected chi connectivity index (χ4v) is 2.71. The molecule has 6 nitrogen and oxygen atoms in total. The van der Waals surface area contributed by atoms with Gasteiger partial charge in [-0.15, -0.1) is 0 Å². The highest BCUT2D eigenvalue weighted by Gasteiger charge is 2.29. The lowest BCUT2D eigenvalue weighted by molar-refractivity contribution is -0.137. The Bertz CT molecular complexity index is 833. The first kappa shape index (κ1) is 23.2. The van der Waals surface area contributed by atoms with Crippen molar-refractivity contribution >= 4 is 23.3 Å². The molecule has 0 aliphatic heterocycles. The highest BCUT2D eigenvalue weighted by atomic mass is 19.4. The monoisotopic (exact) mass is 422 g/mol. The van der Waals surface area contributed by atoms with Gasteiger partial charge in [-0.05, 0) is 61.6 Å². The van der Waals surface area contributed by atoms with E-state index in [1.54, 1.807) is 24.3 Å². The van der Waals surface area contributed by atoms with Crippen molar-refractivity contribution in [2.24, 2.45) is 0 Å². The lowest BCUT2D eigenvalue weighted by atomic mass is 10.2. The topological polar surface area (TPSA) is 73.5 Å². The number of alkyl halides is 3. The van der Waals surface area contributed by atoms with E-state index in [1.807, 2.05) is 0 Å². The second kappa shape index (κ2) is 10.6. The number of urea groups is 1. The molecule has 0 radical (unpaired) electrons. The van der Waals surface area contributed by atoms with Crippen LogP contribution in [0.1, 0.15) is 29.8 Å². The third kappa shape index (κ3) is 7.07. The van der Waals surface area contributed by atoms with Crippen LogP contribution in [0.25, 0.3) is 0 Å². The molecular weight excluding hydrogens is 397 g/mol. The third-order valence-corrected chi connectivity index (χ3v) is 4.48. The molecule has 0 aliphatic carbocycles. The first-order valence-corrected chi connectivity index (χ1v) is 9.58. The number of benzene rings is 2. The zero-order chi connectivity index (χ0) is 22.1. The normalized spacial score (nSPS) is 11.3. The lowest BCUT2D eigenvalue weighted by Gasteiger charge is -2.18. The molecule has 9 heteroatoms. The first-order valence-electron chi connectivity index (χ1n) is 9.58. The Balaban J connectivity index is 1.84. The molecule has 0 spiro atoms. The summed E-state index contributed by atoms with van der Waals surface area (Å²) in [7, 11) is 0. The first-order chi connectivity index (χ1) is 14.2. The van der Waals surface area contributed by atoms with Gasteiger partial charge in [0, 0.05) is 30.0 Å². The summed E-state index contributed by atoms with van der Waals surface area (Å²) in [5.74, 6) is -0.206. The van der Waals surface area contributed by atoms with Gasteiger partial charge in [-0.1, -0.05) is 13.8 Å². The van der Waals surface area contributed by atoms with Crippen LogP contribution in [-0.4, -0.2) is 43.0 Å². The van der Waals surface area contributed by atoms with Crippen molar-refractivity contribution in [1.82, 2.24) is 10.2 Å².